The third-order valence-electron chi connectivity index (χ3n) is 4.58. The van der Waals surface area contributed by atoms with Gasteiger partial charge in [-0.05, 0) is 32.0 Å². The van der Waals surface area contributed by atoms with E-state index >= 15 is 0 Å². The molecule has 0 radical (unpaired) electrons. The molecule has 7 heteroatoms. The molecule has 0 unspecified atom stereocenters. The number of benzene rings is 1. The number of aromatic nitrogens is 4. The molecule has 0 amide bonds. The molecule has 1 aromatic carbocycles. The lowest BCUT2D eigenvalue weighted by atomic mass is 10.1. The molecule has 3 heterocycles. The standard InChI is InChI=1S/C22H20N4O3/c1-14(2)26-21-17(12-24-26)16(11-19(25-21)15-7-4-3-5-8-15)22(28)29-13-20(27)18-9-6-10-23-18/h3-12,14,23H,13H2,1-2H3. The van der Waals surface area contributed by atoms with E-state index in [1.165, 1.54) is 0 Å². The highest BCUT2D eigenvalue weighted by Gasteiger charge is 2.20. The molecule has 0 aliphatic carbocycles. The van der Waals surface area contributed by atoms with Crippen molar-refractivity contribution in [1.82, 2.24) is 19.7 Å². The maximum Gasteiger partial charge on any atom is 0.339 e. The van der Waals surface area contributed by atoms with Crippen LogP contribution < -0.4 is 0 Å². The van der Waals surface area contributed by atoms with Crippen LogP contribution in [-0.4, -0.2) is 38.1 Å². The number of hydrogen-bond acceptors (Lipinski definition) is 5. The van der Waals surface area contributed by atoms with Gasteiger partial charge in [0.1, 0.15) is 0 Å². The molecule has 4 rings (SSSR count). The van der Waals surface area contributed by atoms with Gasteiger partial charge in [0.05, 0.1) is 28.5 Å². The lowest BCUT2D eigenvalue weighted by Crippen LogP contribution is -2.15. The molecular weight excluding hydrogens is 368 g/mol. The summed E-state index contributed by atoms with van der Waals surface area (Å²) in [5.74, 6) is -0.882. The Morgan fingerprint density at radius 2 is 1.93 bits per heavy atom. The minimum absolute atomic E-state index is 0.0735. The van der Waals surface area contributed by atoms with Crippen LogP contribution in [0.3, 0.4) is 0 Å². The predicted octanol–water partition coefficient (Wildman–Crippen LogP) is 4.05. The molecule has 29 heavy (non-hydrogen) atoms. The number of rotatable bonds is 6. The summed E-state index contributed by atoms with van der Waals surface area (Å²) in [5, 5.41) is 4.98. The average Bonchev–Trinajstić information content (AvgIpc) is 3.41. The molecule has 1 N–H and O–H groups in total. The molecule has 0 saturated heterocycles. The highest BCUT2D eigenvalue weighted by atomic mass is 16.5. The van der Waals surface area contributed by atoms with Gasteiger partial charge in [0.15, 0.2) is 12.3 Å². The Labute approximate surface area is 167 Å². The zero-order valence-corrected chi connectivity index (χ0v) is 16.1. The predicted molar refractivity (Wildman–Crippen MR) is 109 cm³/mol. The molecule has 146 valence electrons. The number of nitrogens with zero attached hydrogens (tertiary/aromatic N) is 3. The summed E-state index contributed by atoms with van der Waals surface area (Å²) < 4.78 is 7.08. The van der Waals surface area contributed by atoms with Gasteiger partial charge in [0, 0.05) is 17.8 Å². The maximum atomic E-state index is 12.8. The molecule has 0 atom stereocenters. The van der Waals surface area contributed by atoms with Crippen LogP contribution in [0.5, 0.6) is 0 Å². The average molecular weight is 388 g/mol. The van der Waals surface area contributed by atoms with Crippen molar-refractivity contribution in [2.24, 2.45) is 0 Å². The smallest absolute Gasteiger partial charge is 0.339 e. The first-order chi connectivity index (χ1) is 14.0. The molecule has 0 aliphatic rings. The van der Waals surface area contributed by atoms with Crippen LogP contribution >= 0.6 is 0 Å². The Balaban J connectivity index is 1.72. The van der Waals surface area contributed by atoms with Crippen LogP contribution in [0.2, 0.25) is 0 Å². The van der Waals surface area contributed by atoms with Crippen LogP contribution in [0, 0.1) is 0 Å². The molecule has 0 spiro atoms. The van der Waals surface area contributed by atoms with E-state index in [2.05, 4.69) is 10.1 Å². The summed E-state index contributed by atoms with van der Waals surface area (Å²) in [5.41, 5.74) is 2.85. The highest BCUT2D eigenvalue weighted by Crippen LogP contribution is 2.26. The Morgan fingerprint density at radius 1 is 1.14 bits per heavy atom. The van der Waals surface area contributed by atoms with Gasteiger partial charge in [-0.3, -0.25) is 4.79 Å². The van der Waals surface area contributed by atoms with Gasteiger partial charge < -0.3 is 9.72 Å². The van der Waals surface area contributed by atoms with Crippen molar-refractivity contribution in [3.63, 3.8) is 0 Å². The Hall–Kier alpha value is -3.74. The van der Waals surface area contributed by atoms with E-state index in [0.29, 0.717) is 28.0 Å². The first kappa shape index (κ1) is 18.6. The summed E-state index contributed by atoms with van der Waals surface area (Å²) in [6.45, 7) is 3.65. The van der Waals surface area contributed by atoms with E-state index in [1.807, 2.05) is 44.2 Å². The van der Waals surface area contributed by atoms with Gasteiger partial charge in [0.25, 0.3) is 0 Å². The van der Waals surface area contributed by atoms with E-state index < -0.39 is 5.97 Å². The quantitative estimate of drug-likeness (QED) is 0.398. The number of Topliss-reactive ketones (excluding diaryl/α,β-unsaturated/α-hetero) is 1. The largest absolute Gasteiger partial charge is 0.454 e. The van der Waals surface area contributed by atoms with Gasteiger partial charge in [-0.1, -0.05) is 30.3 Å². The second-order valence-electron chi connectivity index (χ2n) is 6.92. The molecule has 4 aromatic rings. The van der Waals surface area contributed by atoms with Gasteiger partial charge in [-0.2, -0.15) is 5.10 Å². The van der Waals surface area contributed by atoms with Crippen LogP contribution in [-0.2, 0) is 4.74 Å². The van der Waals surface area contributed by atoms with E-state index in [0.717, 1.165) is 5.56 Å². The lowest BCUT2D eigenvalue weighted by Gasteiger charge is -2.10. The van der Waals surface area contributed by atoms with Crippen molar-refractivity contribution in [2.45, 2.75) is 19.9 Å². The third kappa shape index (κ3) is 3.67. The van der Waals surface area contributed by atoms with Gasteiger partial charge in [-0.25, -0.2) is 14.5 Å². The molecule has 0 fully saturated rings. The van der Waals surface area contributed by atoms with Crippen molar-refractivity contribution < 1.29 is 14.3 Å². The number of pyridine rings is 1. The zero-order valence-electron chi connectivity index (χ0n) is 16.1. The number of aromatic amines is 1. The van der Waals surface area contributed by atoms with E-state index in [-0.39, 0.29) is 18.4 Å². The fourth-order valence-corrected chi connectivity index (χ4v) is 3.11. The SMILES string of the molecule is CC(C)n1ncc2c(C(=O)OCC(=O)c3ccc[nH]3)cc(-c3ccccc3)nc21. The number of ether oxygens (including phenoxy) is 1. The molecule has 0 bridgehead atoms. The first-order valence-electron chi connectivity index (χ1n) is 9.32. The number of carbonyl (C=O) groups is 2. The minimum Gasteiger partial charge on any atom is -0.454 e. The topological polar surface area (TPSA) is 89.9 Å². The lowest BCUT2D eigenvalue weighted by molar-refractivity contribution is 0.0475. The molecular formula is C22H20N4O3. The normalized spacial score (nSPS) is 11.1. The molecule has 0 aliphatic heterocycles. The van der Waals surface area contributed by atoms with Crippen LogP contribution in [0.4, 0.5) is 0 Å². The summed E-state index contributed by atoms with van der Waals surface area (Å²) in [6, 6.07) is 14.7. The van der Waals surface area contributed by atoms with E-state index in [4.69, 9.17) is 9.72 Å². The minimum atomic E-state index is -0.585. The maximum absolute atomic E-state index is 12.8. The number of carbonyl (C=O) groups excluding carboxylic acids is 2. The number of fused-ring (bicyclic) bond motifs is 1. The van der Waals surface area contributed by atoms with Crippen molar-refractivity contribution in [1.29, 1.82) is 0 Å². The molecule has 0 saturated carbocycles. The van der Waals surface area contributed by atoms with Crippen molar-refractivity contribution in [3.05, 3.63) is 72.2 Å². The second kappa shape index (κ2) is 7.71. The number of H-pyrrole nitrogens is 1. The number of nitrogens with one attached hydrogen (secondary N) is 1. The van der Waals surface area contributed by atoms with E-state index in [9.17, 15) is 9.59 Å². The van der Waals surface area contributed by atoms with E-state index in [1.54, 1.807) is 35.3 Å². The zero-order chi connectivity index (χ0) is 20.4. The third-order valence-corrected chi connectivity index (χ3v) is 4.58. The van der Waals surface area contributed by atoms with Crippen molar-refractivity contribution in [2.75, 3.05) is 6.61 Å². The summed E-state index contributed by atoms with van der Waals surface area (Å²) in [7, 11) is 0. The van der Waals surface area contributed by atoms with Gasteiger partial charge in [-0.15, -0.1) is 0 Å². The number of ketones is 1. The van der Waals surface area contributed by atoms with Gasteiger partial charge >= 0.3 is 5.97 Å². The number of hydrogen-bond donors (Lipinski definition) is 1. The van der Waals surface area contributed by atoms with Crippen molar-refractivity contribution >= 4 is 22.8 Å². The van der Waals surface area contributed by atoms with Crippen molar-refractivity contribution in [3.8, 4) is 11.3 Å². The molecule has 7 nitrogen and oxygen atoms in total. The highest BCUT2D eigenvalue weighted by molar-refractivity contribution is 6.05. The summed E-state index contributed by atoms with van der Waals surface area (Å²) in [4.78, 5) is 32.5. The van der Waals surface area contributed by atoms with Gasteiger partial charge in [0.2, 0.25) is 5.78 Å². The Bertz CT molecular complexity index is 1160. The van der Waals surface area contributed by atoms with Crippen LogP contribution in [0.1, 0.15) is 40.7 Å². The van der Waals surface area contributed by atoms with Crippen LogP contribution in [0.25, 0.3) is 22.3 Å². The first-order valence-corrected chi connectivity index (χ1v) is 9.32. The van der Waals surface area contributed by atoms with Crippen LogP contribution in [0.15, 0.2) is 60.9 Å². The molecule has 3 aromatic heterocycles. The Kier molecular flexibility index (Phi) is 4.95. The fourth-order valence-electron chi connectivity index (χ4n) is 3.11. The second-order valence-corrected chi connectivity index (χ2v) is 6.92. The monoisotopic (exact) mass is 388 g/mol. The fraction of sp³-hybridized carbons (Fsp3) is 0.182. The Morgan fingerprint density at radius 3 is 2.62 bits per heavy atom. The summed E-state index contributed by atoms with van der Waals surface area (Å²) in [6.07, 6.45) is 3.26. The number of esters is 1. The summed E-state index contributed by atoms with van der Waals surface area (Å²) >= 11 is 0.